The van der Waals surface area contributed by atoms with Crippen molar-refractivity contribution < 1.29 is 9.59 Å². The highest BCUT2D eigenvalue weighted by Gasteiger charge is 2.30. The zero-order valence-corrected chi connectivity index (χ0v) is 14.9. The Morgan fingerprint density at radius 2 is 1.85 bits per heavy atom. The number of para-hydroxylation sites is 2. The van der Waals surface area contributed by atoms with Crippen LogP contribution in [0.25, 0.3) is 11.0 Å². The van der Waals surface area contributed by atoms with Crippen molar-refractivity contribution in [2.45, 2.75) is 19.4 Å². The van der Waals surface area contributed by atoms with Gasteiger partial charge in [0.05, 0.1) is 17.6 Å². The number of aromatic nitrogens is 2. The molecular formula is C19H25N5O2. The summed E-state index contributed by atoms with van der Waals surface area (Å²) in [4.78, 5) is 37.6. The van der Waals surface area contributed by atoms with E-state index in [0.717, 1.165) is 55.7 Å². The quantitative estimate of drug-likeness (QED) is 0.833. The van der Waals surface area contributed by atoms with Gasteiger partial charge in [-0.3, -0.25) is 14.5 Å². The number of nitrogens with one attached hydrogen (secondary N) is 1. The third-order valence-corrected chi connectivity index (χ3v) is 5.52. The number of nitrogens with zero attached hydrogens (tertiary/aromatic N) is 4. The molecule has 2 saturated heterocycles. The molecule has 7 nitrogen and oxygen atoms in total. The molecule has 0 atom stereocenters. The summed E-state index contributed by atoms with van der Waals surface area (Å²) in [6, 6.07) is 8.07. The normalized spacial score (nSPS) is 19.8. The van der Waals surface area contributed by atoms with Crippen LogP contribution in [0.4, 0.5) is 0 Å². The van der Waals surface area contributed by atoms with Crippen molar-refractivity contribution in [2.24, 2.45) is 5.92 Å². The summed E-state index contributed by atoms with van der Waals surface area (Å²) in [7, 11) is 0. The number of likely N-dealkylation sites (tertiary alicyclic amines) is 1. The van der Waals surface area contributed by atoms with Gasteiger partial charge in [-0.25, -0.2) is 4.98 Å². The number of hydrogen-bond acceptors (Lipinski definition) is 4. The Bertz CT molecular complexity index is 740. The van der Waals surface area contributed by atoms with E-state index in [1.54, 1.807) is 4.90 Å². The second-order valence-corrected chi connectivity index (χ2v) is 7.22. The minimum atomic E-state index is 0.115. The highest BCUT2D eigenvalue weighted by Crippen LogP contribution is 2.22. The smallest absolute Gasteiger partial charge is 0.225 e. The Morgan fingerprint density at radius 3 is 2.54 bits per heavy atom. The summed E-state index contributed by atoms with van der Waals surface area (Å²) in [6.45, 7) is 5.27. The SMILES string of the molecule is O=CN1CCN(C(=O)C2CCN(Cc3nc4ccccc4[nH]3)CC2)CC1. The van der Waals surface area contributed by atoms with Gasteiger partial charge in [0.25, 0.3) is 0 Å². The summed E-state index contributed by atoms with van der Waals surface area (Å²) < 4.78 is 0. The van der Waals surface area contributed by atoms with Crippen LogP contribution in [0.1, 0.15) is 18.7 Å². The molecule has 0 bridgehead atoms. The zero-order valence-electron chi connectivity index (χ0n) is 14.9. The number of piperidine rings is 1. The molecule has 4 rings (SSSR count). The lowest BCUT2D eigenvalue weighted by Crippen LogP contribution is -2.51. The summed E-state index contributed by atoms with van der Waals surface area (Å²) in [5.74, 6) is 1.37. The first-order valence-corrected chi connectivity index (χ1v) is 9.37. The van der Waals surface area contributed by atoms with Crippen molar-refractivity contribution in [3.63, 3.8) is 0 Å². The Labute approximate surface area is 153 Å². The van der Waals surface area contributed by atoms with E-state index in [1.165, 1.54) is 0 Å². The van der Waals surface area contributed by atoms with Crippen molar-refractivity contribution >= 4 is 23.4 Å². The minimum Gasteiger partial charge on any atom is -0.342 e. The van der Waals surface area contributed by atoms with Gasteiger partial charge in [0, 0.05) is 32.1 Å². The number of aromatic amines is 1. The summed E-state index contributed by atoms with van der Waals surface area (Å²) in [5, 5.41) is 0. The van der Waals surface area contributed by atoms with Crippen LogP contribution in [-0.2, 0) is 16.1 Å². The number of imidazole rings is 1. The molecule has 2 aliphatic rings. The maximum Gasteiger partial charge on any atom is 0.225 e. The number of hydrogen-bond donors (Lipinski definition) is 1. The molecule has 26 heavy (non-hydrogen) atoms. The third-order valence-electron chi connectivity index (χ3n) is 5.52. The third kappa shape index (κ3) is 3.58. The number of rotatable bonds is 4. The number of fused-ring (bicyclic) bond motifs is 1. The predicted octanol–water partition coefficient (Wildman–Crippen LogP) is 1.08. The van der Waals surface area contributed by atoms with Crippen molar-refractivity contribution in [2.75, 3.05) is 39.3 Å². The van der Waals surface area contributed by atoms with Gasteiger partial charge >= 0.3 is 0 Å². The largest absolute Gasteiger partial charge is 0.342 e. The Kier molecular flexibility index (Phi) is 4.88. The Balaban J connectivity index is 1.28. The van der Waals surface area contributed by atoms with E-state index in [1.807, 2.05) is 29.2 Å². The summed E-state index contributed by atoms with van der Waals surface area (Å²) in [6.07, 6.45) is 2.66. The Hall–Kier alpha value is -2.41. The van der Waals surface area contributed by atoms with Gasteiger partial charge in [0.15, 0.2) is 0 Å². The molecule has 0 radical (unpaired) electrons. The zero-order chi connectivity index (χ0) is 17.9. The molecule has 2 aliphatic heterocycles. The van der Waals surface area contributed by atoms with Crippen LogP contribution in [0.5, 0.6) is 0 Å². The molecule has 0 unspecified atom stereocenters. The van der Waals surface area contributed by atoms with Gasteiger partial charge in [0.1, 0.15) is 5.82 Å². The number of benzene rings is 1. The average Bonchev–Trinajstić information content (AvgIpc) is 3.10. The van der Waals surface area contributed by atoms with Gasteiger partial charge in [-0.15, -0.1) is 0 Å². The molecule has 3 heterocycles. The molecule has 2 aromatic rings. The fourth-order valence-electron chi connectivity index (χ4n) is 3.94. The highest BCUT2D eigenvalue weighted by atomic mass is 16.2. The van der Waals surface area contributed by atoms with Crippen LogP contribution in [0, 0.1) is 5.92 Å². The number of H-pyrrole nitrogens is 1. The van der Waals surface area contributed by atoms with Gasteiger partial charge in [0.2, 0.25) is 12.3 Å². The Morgan fingerprint density at radius 1 is 1.12 bits per heavy atom. The molecule has 1 aromatic heterocycles. The van der Waals surface area contributed by atoms with Gasteiger partial charge in [-0.05, 0) is 38.1 Å². The van der Waals surface area contributed by atoms with Crippen molar-refractivity contribution in [1.29, 1.82) is 0 Å². The highest BCUT2D eigenvalue weighted by molar-refractivity contribution is 5.79. The van der Waals surface area contributed by atoms with Crippen LogP contribution in [0.15, 0.2) is 24.3 Å². The average molecular weight is 355 g/mol. The molecular weight excluding hydrogens is 330 g/mol. The van der Waals surface area contributed by atoms with Crippen molar-refractivity contribution in [3.8, 4) is 0 Å². The van der Waals surface area contributed by atoms with Crippen LogP contribution in [0.2, 0.25) is 0 Å². The molecule has 2 amide bonds. The lowest BCUT2D eigenvalue weighted by Gasteiger charge is -2.37. The first-order chi connectivity index (χ1) is 12.7. The molecule has 0 aliphatic carbocycles. The van der Waals surface area contributed by atoms with E-state index in [0.29, 0.717) is 26.2 Å². The molecule has 0 spiro atoms. The van der Waals surface area contributed by atoms with Gasteiger partial charge < -0.3 is 14.8 Å². The summed E-state index contributed by atoms with van der Waals surface area (Å²) >= 11 is 0. The first kappa shape index (κ1) is 17.0. The number of amides is 2. The standard InChI is InChI=1S/C19H25N5O2/c25-14-23-9-11-24(12-10-23)19(26)15-5-7-22(8-6-15)13-18-20-16-3-1-2-4-17(16)21-18/h1-4,14-15H,5-13H2,(H,20,21). The molecule has 7 heteroatoms. The molecule has 138 valence electrons. The van der Waals surface area contributed by atoms with E-state index in [9.17, 15) is 9.59 Å². The van der Waals surface area contributed by atoms with E-state index in [4.69, 9.17) is 0 Å². The van der Waals surface area contributed by atoms with Crippen LogP contribution in [-0.4, -0.2) is 76.3 Å². The van der Waals surface area contributed by atoms with E-state index >= 15 is 0 Å². The van der Waals surface area contributed by atoms with Crippen molar-refractivity contribution in [3.05, 3.63) is 30.1 Å². The van der Waals surface area contributed by atoms with Gasteiger partial charge in [-0.2, -0.15) is 0 Å². The van der Waals surface area contributed by atoms with Crippen LogP contribution >= 0.6 is 0 Å². The summed E-state index contributed by atoms with van der Waals surface area (Å²) in [5.41, 5.74) is 2.07. The van der Waals surface area contributed by atoms with E-state index < -0.39 is 0 Å². The lowest BCUT2D eigenvalue weighted by atomic mass is 9.95. The first-order valence-electron chi connectivity index (χ1n) is 9.37. The van der Waals surface area contributed by atoms with Crippen LogP contribution in [0.3, 0.4) is 0 Å². The lowest BCUT2D eigenvalue weighted by molar-refractivity contribution is -0.140. The fraction of sp³-hybridized carbons (Fsp3) is 0.526. The van der Waals surface area contributed by atoms with Crippen molar-refractivity contribution in [1.82, 2.24) is 24.7 Å². The fourth-order valence-corrected chi connectivity index (χ4v) is 3.94. The topological polar surface area (TPSA) is 72.5 Å². The second-order valence-electron chi connectivity index (χ2n) is 7.22. The molecule has 1 aromatic carbocycles. The number of carbonyl (C=O) groups excluding carboxylic acids is 2. The minimum absolute atomic E-state index is 0.115. The van der Waals surface area contributed by atoms with Gasteiger partial charge in [-0.1, -0.05) is 12.1 Å². The molecule has 0 saturated carbocycles. The molecule has 2 fully saturated rings. The number of carbonyl (C=O) groups is 2. The van der Waals surface area contributed by atoms with Crippen LogP contribution < -0.4 is 0 Å². The number of piperazine rings is 1. The second kappa shape index (κ2) is 7.45. The maximum atomic E-state index is 12.7. The maximum absolute atomic E-state index is 12.7. The van der Waals surface area contributed by atoms with E-state index in [2.05, 4.69) is 14.9 Å². The predicted molar refractivity (Wildman–Crippen MR) is 98.3 cm³/mol. The monoisotopic (exact) mass is 355 g/mol. The van der Waals surface area contributed by atoms with E-state index in [-0.39, 0.29) is 11.8 Å². The molecule has 1 N–H and O–H groups in total.